The molecule has 148 valence electrons. The van der Waals surface area contributed by atoms with Crippen LogP contribution in [0.15, 0.2) is 6.33 Å². The van der Waals surface area contributed by atoms with Crippen LogP contribution >= 0.6 is 11.6 Å². The Morgan fingerprint density at radius 3 is 2.86 bits per heavy atom. The maximum Gasteiger partial charge on any atom is 0.257 e. The SMILES string of the molecule is Cc1[nH]c(C=C2C(=O)Nc3ncnc(Cl)c32)c(C)c1CCCN1CCOCC1. The number of hydrogen-bond donors (Lipinski definition) is 2. The molecule has 1 fully saturated rings. The fourth-order valence-electron chi connectivity index (χ4n) is 3.91. The number of aryl methyl sites for hydroxylation is 1. The van der Waals surface area contributed by atoms with Crippen LogP contribution in [-0.4, -0.2) is 58.6 Å². The molecule has 2 aromatic heterocycles. The van der Waals surface area contributed by atoms with Crippen LogP contribution in [0.4, 0.5) is 5.82 Å². The summed E-state index contributed by atoms with van der Waals surface area (Å²) in [7, 11) is 0. The lowest BCUT2D eigenvalue weighted by atomic mass is 10.0. The minimum absolute atomic E-state index is 0.210. The number of H-pyrrole nitrogens is 1. The first-order valence-corrected chi connectivity index (χ1v) is 9.94. The Labute approximate surface area is 169 Å². The van der Waals surface area contributed by atoms with Crippen molar-refractivity contribution < 1.29 is 9.53 Å². The van der Waals surface area contributed by atoms with Gasteiger partial charge in [-0.05, 0) is 50.4 Å². The number of rotatable bonds is 5. The number of halogens is 1. The molecule has 2 aromatic rings. The van der Waals surface area contributed by atoms with Crippen molar-refractivity contribution in [2.75, 3.05) is 38.2 Å². The molecule has 1 saturated heterocycles. The summed E-state index contributed by atoms with van der Waals surface area (Å²) in [5.74, 6) is 0.251. The number of fused-ring (bicyclic) bond motifs is 1. The van der Waals surface area contributed by atoms with Crippen LogP contribution in [0.3, 0.4) is 0 Å². The second-order valence-corrected chi connectivity index (χ2v) is 7.58. The van der Waals surface area contributed by atoms with Crippen molar-refractivity contribution in [1.29, 1.82) is 0 Å². The van der Waals surface area contributed by atoms with E-state index in [4.69, 9.17) is 16.3 Å². The molecule has 7 nitrogen and oxygen atoms in total. The predicted molar refractivity (Wildman–Crippen MR) is 109 cm³/mol. The average molecular weight is 402 g/mol. The van der Waals surface area contributed by atoms with Crippen LogP contribution in [0.5, 0.6) is 0 Å². The van der Waals surface area contributed by atoms with Gasteiger partial charge in [-0.25, -0.2) is 9.97 Å². The van der Waals surface area contributed by atoms with Gasteiger partial charge in [0, 0.05) is 24.5 Å². The molecule has 2 aliphatic heterocycles. The fourth-order valence-corrected chi connectivity index (χ4v) is 4.14. The highest BCUT2D eigenvalue weighted by atomic mass is 35.5. The van der Waals surface area contributed by atoms with Gasteiger partial charge in [0.2, 0.25) is 0 Å². The smallest absolute Gasteiger partial charge is 0.257 e. The monoisotopic (exact) mass is 401 g/mol. The zero-order valence-corrected chi connectivity index (χ0v) is 16.9. The molecule has 0 aliphatic carbocycles. The maximum atomic E-state index is 12.4. The highest BCUT2D eigenvalue weighted by Crippen LogP contribution is 2.36. The molecular weight excluding hydrogens is 378 g/mol. The minimum atomic E-state index is -0.210. The summed E-state index contributed by atoms with van der Waals surface area (Å²) in [4.78, 5) is 26.4. The largest absolute Gasteiger partial charge is 0.379 e. The molecule has 28 heavy (non-hydrogen) atoms. The third-order valence-electron chi connectivity index (χ3n) is 5.47. The molecule has 2 N–H and O–H groups in total. The normalized spacial score (nSPS) is 18.5. The van der Waals surface area contributed by atoms with E-state index in [1.807, 2.05) is 6.08 Å². The van der Waals surface area contributed by atoms with Gasteiger partial charge in [0.1, 0.15) is 17.3 Å². The highest BCUT2D eigenvalue weighted by molar-refractivity contribution is 6.40. The number of nitrogens with zero attached hydrogens (tertiary/aromatic N) is 3. The third kappa shape index (κ3) is 3.70. The molecule has 0 spiro atoms. The molecule has 4 rings (SSSR count). The van der Waals surface area contributed by atoms with E-state index in [1.165, 1.54) is 17.5 Å². The zero-order chi connectivity index (χ0) is 19.7. The van der Waals surface area contributed by atoms with Gasteiger partial charge >= 0.3 is 0 Å². The van der Waals surface area contributed by atoms with Gasteiger partial charge in [-0.15, -0.1) is 0 Å². The van der Waals surface area contributed by atoms with Crippen molar-refractivity contribution >= 4 is 35.0 Å². The zero-order valence-electron chi connectivity index (χ0n) is 16.1. The molecule has 0 radical (unpaired) electrons. The van der Waals surface area contributed by atoms with E-state index in [-0.39, 0.29) is 11.1 Å². The number of ether oxygens (including phenoxy) is 1. The molecule has 4 heterocycles. The van der Waals surface area contributed by atoms with Crippen LogP contribution < -0.4 is 5.32 Å². The van der Waals surface area contributed by atoms with Gasteiger partial charge < -0.3 is 15.0 Å². The fraction of sp³-hybridized carbons (Fsp3) is 0.450. The van der Waals surface area contributed by atoms with Gasteiger partial charge in [0.05, 0.1) is 24.4 Å². The van der Waals surface area contributed by atoms with E-state index in [1.54, 1.807) is 0 Å². The quantitative estimate of drug-likeness (QED) is 0.594. The van der Waals surface area contributed by atoms with Gasteiger partial charge in [-0.2, -0.15) is 0 Å². The maximum absolute atomic E-state index is 12.4. The average Bonchev–Trinajstić information content (AvgIpc) is 3.14. The highest BCUT2D eigenvalue weighted by Gasteiger charge is 2.29. The van der Waals surface area contributed by atoms with E-state index in [2.05, 4.69) is 39.0 Å². The van der Waals surface area contributed by atoms with Crippen molar-refractivity contribution in [2.24, 2.45) is 0 Å². The molecule has 0 atom stereocenters. The number of nitrogens with one attached hydrogen (secondary N) is 2. The Kier molecular flexibility index (Phi) is 5.48. The van der Waals surface area contributed by atoms with Gasteiger partial charge in [-0.1, -0.05) is 11.6 Å². The number of carbonyl (C=O) groups excluding carboxylic acids is 1. The minimum Gasteiger partial charge on any atom is -0.379 e. The molecule has 0 aromatic carbocycles. The number of hydrogen-bond acceptors (Lipinski definition) is 5. The number of morpholine rings is 1. The number of amides is 1. The number of aromatic amines is 1. The number of carbonyl (C=O) groups is 1. The van der Waals surface area contributed by atoms with Crippen LogP contribution in [-0.2, 0) is 16.0 Å². The van der Waals surface area contributed by atoms with Crippen molar-refractivity contribution in [1.82, 2.24) is 19.9 Å². The molecule has 0 unspecified atom stereocenters. The van der Waals surface area contributed by atoms with Crippen molar-refractivity contribution in [3.8, 4) is 0 Å². The first-order valence-electron chi connectivity index (χ1n) is 9.56. The summed E-state index contributed by atoms with van der Waals surface area (Å²) in [5.41, 5.74) is 5.60. The van der Waals surface area contributed by atoms with E-state index < -0.39 is 0 Å². The lowest BCUT2D eigenvalue weighted by molar-refractivity contribution is -0.110. The Morgan fingerprint density at radius 1 is 1.29 bits per heavy atom. The van der Waals surface area contributed by atoms with Crippen molar-refractivity contribution in [3.05, 3.63) is 39.6 Å². The summed E-state index contributed by atoms with van der Waals surface area (Å²) in [5, 5.41) is 3.03. The Balaban J connectivity index is 1.53. The second-order valence-electron chi connectivity index (χ2n) is 7.23. The first kappa shape index (κ1) is 19.1. The van der Waals surface area contributed by atoms with Crippen molar-refractivity contribution in [3.63, 3.8) is 0 Å². The summed E-state index contributed by atoms with van der Waals surface area (Å²) < 4.78 is 5.41. The third-order valence-corrected chi connectivity index (χ3v) is 5.76. The van der Waals surface area contributed by atoms with Gasteiger partial charge in [0.25, 0.3) is 5.91 Å². The number of aromatic nitrogens is 3. The summed E-state index contributed by atoms with van der Waals surface area (Å²) in [6, 6.07) is 0. The van der Waals surface area contributed by atoms with E-state index in [9.17, 15) is 4.79 Å². The van der Waals surface area contributed by atoms with Crippen LogP contribution in [0, 0.1) is 13.8 Å². The summed E-state index contributed by atoms with van der Waals surface area (Å²) in [6.45, 7) is 8.94. The van der Waals surface area contributed by atoms with Crippen molar-refractivity contribution in [2.45, 2.75) is 26.7 Å². The molecule has 0 bridgehead atoms. The molecule has 2 aliphatic rings. The molecule has 8 heteroatoms. The molecular formula is C20H24ClN5O2. The van der Waals surface area contributed by atoms with Gasteiger partial charge in [-0.3, -0.25) is 9.69 Å². The summed E-state index contributed by atoms with van der Waals surface area (Å²) in [6.07, 6.45) is 5.30. The number of anilines is 1. The Hall–Kier alpha value is -2.22. The van der Waals surface area contributed by atoms with E-state index >= 15 is 0 Å². The molecule has 0 saturated carbocycles. The predicted octanol–water partition coefficient (Wildman–Crippen LogP) is 2.83. The van der Waals surface area contributed by atoms with Crippen LogP contribution in [0.2, 0.25) is 5.15 Å². The Bertz CT molecular complexity index is 931. The Morgan fingerprint density at radius 2 is 2.07 bits per heavy atom. The lowest BCUT2D eigenvalue weighted by Gasteiger charge is -2.26. The first-order chi connectivity index (χ1) is 13.5. The lowest BCUT2D eigenvalue weighted by Crippen LogP contribution is -2.36. The summed E-state index contributed by atoms with van der Waals surface area (Å²) >= 11 is 6.21. The van der Waals surface area contributed by atoms with Gasteiger partial charge in [0.15, 0.2) is 0 Å². The molecule has 1 amide bonds. The second kappa shape index (κ2) is 8.03. The van der Waals surface area contributed by atoms with E-state index in [0.29, 0.717) is 17.0 Å². The van der Waals surface area contributed by atoms with E-state index in [0.717, 1.165) is 57.1 Å². The van der Waals surface area contributed by atoms with Crippen LogP contribution in [0.1, 0.15) is 34.5 Å². The topological polar surface area (TPSA) is 83.1 Å². The van der Waals surface area contributed by atoms with Crippen LogP contribution in [0.25, 0.3) is 11.6 Å². The standard InChI is InChI=1S/C20H24ClN5O2/c1-12-14(4-3-5-26-6-8-28-9-7-26)13(2)24-16(12)10-15-17-18(21)22-11-23-19(17)25-20(15)27/h10-11,24H,3-9H2,1-2H3,(H,22,23,25,27).